The van der Waals surface area contributed by atoms with Gasteiger partial charge in [-0.25, -0.2) is 9.59 Å². The van der Waals surface area contributed by atoms with E-state index in [4.69, 9.17) is 11.6 Å². The number of carboxylic acids is 1. The number of urea groups is 1. The standard InChI is InChI=1S/C27H25ClN2O4S/c1-2-29-27(34)30-20(14-13-17-8-4-3-5-9-17)22(25(31)18-10-6-11-19(28)16-18)23(24(30)26(32)33)21-12-7-15-35-21/h3-16,20,22-24H,2H2,1H3,(H,29,34)(H,32,33). The van der Waals surface area contributed by atoms with E-state index in [1.54, 1.807) is 37.3 Å². The van der Waals surface area contributed by atoms with E-state index in [-0.39, 0.29) is 5.78 Å². The van der Waals surface area contributed by atoms with Gasteiger partial charge in [-0.05, 0) is 36.1 Å². The number of carboxylic acid groups (broad SMARTS) is 1. The Kier molecular flexibility index (Phi) is 7.68. The van der Waals surface area contributed by atoms with Crippen LogP contribution < -0.4 is 5.32 Å². The van der Waals surface area contributed by atoms with Gasteiger partial charge >= 0.3 is 12.0 Å². The number of amides is 2. The Morgan fingerprint density at radius 3 is 2.49 bits per heavy atom. The van der Waals surface area contributed by atoms with Crippen molar-refractivity contribution in [1.29, 1.82) is 0 Å². The normalized spacial score (nSPS) is 21.8. The van der Waals surface area contributed by atoms with Crippen molar-refractivity contribution in [2.75, 3.05) is 6.54 Å². The first-order chi connectivity index (χ1) is 16.9. The number of nitrogens with one attached hydrogen (secondary N) is 1. The van der Waals surface area contributed by atoms with Crippen molar-refractivity contribution in [3.8, 4) is 0 Å². The molecule has 4 rings (SSSR count). The van der Waals surface area contributed by atoms with Crippen molar-refractivity contribution in [2.45, 2.75) is 24.9 Å². The zero-order valence-corrected chi connectivity index (χ0v) is 20.6. The fourth-order valence-electron chi connectivity index (χ4n) is 4.67. The number of hydrogen-bond donors (Lipinski definition) is 2. The van der Waals surface area contributed by atoms with Crippen LogP contribution in [0.4, 0.5) is 4.79 Å². The first-order valence-electron chi connectivity index (χ1n) is 11.3. The summed E-state index contributed by atoms with van der Waals surface area (Å²) in [6.07, 6.45) is 3.59. The van der Waals surface area contributed by atoms with Crippen LogP contribution in [-0.4, -0.2) is 46.4 Å². The molecule has 2 aromatic carbocycles. The molecule has 0 spiro atoms. The number of aliphatic carboxylic acids is 1. The molecule has 6 nitrogen and oxygen atoms in total. The van der Waals surface area contributed by atoms with Crippen LogP contribution in [0, 0.1) is 5.92 Å². The number of rotatable bonds is 7. The van der Waals surface area contributed by atoms with E-state index in [9.17, 15) is 19.5 Å². The Morgan fingerprint density at radius 2 is 1.86 bits per heavy atom. The van der Waals surface area contributed by atoms with E-state index < -0.39 is 35.9 Å². The lowest BCUT2D eigenvalue weighted by atomic mass is 9.80. The van der Waals surface area contributed by atoms with E-state index in [1.807, 2.05) is 53.9 Å². The Bertz CT molecular complexity index is 1230. The second-order valence-electron chi connectivity index (χ2n) is 8.23. The third-order valence-electron chi connectivity index (χ3n) is 6.10. The van der Waals surface area contributed by atoms with Crippen molar-refractivity contribution >= 4 is 46.8 Å². The molecular weight excluding hydrogens is 484 g/mol. The molecule has 2 heterocycles. The molecule has 8 heteroatoms. The fourth-order valence-corrected chi connectivity index (χ4v) is 5.76. The lowest BCUT2D eigenvalue weighted by Crippen LogP contribution is -2.50. The topological polar surface area (TPSA) is 86.7 Å². The minimum Gasteiger partial charge on any atom is -0.480 e. The van der Waals surface area contributed by atoms with Gasteiger partial charge in [0, 0.05) is 27.9 Å². The van der Waals surface area contributed by atoms with E-state index >= 15 is 0 Å². The van der Waals surface area contributed by atoms with Crippen molar-refractivity contribution in [1.82, 2.24) is 10.2 Å². The Labute approximate surface area is 212 Å². The second-order valence-corrected chi connectivity index (χ2v) is 9.64. The number of thiophene rings is 1. The van der Waals surface area contributed by atoms with E-state index in [0.717, 1.165) is 10.4 Å². The molecule has 2 N–H and O–H groups in total. The number of carbonyl (C=O) groups excluding carboxylic acids is 2. The van der Waals surface area contributed by atoms with Crippen LogP contribution in [0.2, 0.25) is 5.02 Å². The average molecular weight is 509 g/mol. The van der Waals surface area contributed by atoms with Crippen LogP contribution >= 0.6 is 22.9 Å². The number of benzene rings is 2. The van der Waals surface area contributed by atoms with E-state index in [0.29, 0.717) is 17.1 Å². The first-order valence-corrected chi connectivity index (χ1v) is 12.5. The highest BCUT2D eigenvalue weighted by molar-refractivity contribution is 7.10. The second kappa shape index (κ2) is 10.9. The molecular formula is C27H25ClN2O4S. The van der Waals surface area contributed by atoms with Crippen molar-refractivity contribution in [3.05, 3.63) is 99.2 Å². The predicted molar refractivity (Wildman–Crippen MR) is 138 cm³/mol. The minimum absolute atomic E-state index is 0.258. The summed E-state index contributed by atoms with van der Waals surface area (Å²) in [4.78, 5) is 41.9. The maximum atomic E-state index is 14.0. The Morgan fingerprint density at radius 1 is 1.09 bits per heavy atom. The lowest BCUT2D eigenvalue weighted by molar-refractivity contribution is -0.141. The summed E-state index contributed by atoms with van der Waals surface area (Å²) in [5, 5.41) is 15.3. The molecule has 1 aromatic heterocycles. The van der Waals surface area contributed by atoms with Gasteiger partial charge in [-0.1, -0.05) is 72.3 Å². The van der Waals surface area contributed by atoms with Crippen LogP contribution in [0.5, 0.6) is 0 Å². The third-order valence-corrected chi connectivity index (χ3v) is 7.31. The van der Waals surface area contributed by atoms with Gasteiger partial charge in [-0.2, -0.15) is 0 Å². The van der Waals surface area contributed by atoms with Gasteiger partial charge in [0.25, 0.3) is 0 Å². The molecule has 2 amide bonds. The van der Waals surface area contributed by atoms with Crippen LogP contribution in [0.1, 0.15) is 33.6 Å². The summed E-state index contributed by atoms with van der Waals surface area (Å²) in [6.45, 7) is 2.09. The molecule has 1 saturated heterocycles. The highest BCUT2D eigenvalue weighted by Gasteiger charge is 2.56. The zero-order valence-electron chi connectivity index (χ0n) is 19.0. The van der Waals surface area contributed by atoms with Crippen LogP contribution in [0.25, 0.3) is 6.08 Å². The van der Waals surface area contributed by atoms with Crippen molar-refractivity contribution < 1.29 is 19.5 Å². The molecule has 1 fully saturated rings. The highest BCUT2D eigenvalue weighted by atomic mass is 35.5. The van der Waals surface area contributed by atoms with Gasteiger partial charge in [0.2, 0.25) is 0 Å². The maximum Gasteiger partial charge on any atom is 0.327 e. The Hall–Kier alpha value is -3.42. The molecule has 3 aromatic rings. The van der Waals surface area contributed by atoms with Gasteiger partial charge in [-0.15, -0.1) is 11.3 Å². The van der Waals surface area contributed by atoms with Crippen molar-refractivity contribution in [2.24, 2.45) is 5.92 Å². The first kappa shape index (κ1) is 24.7. The number of ketones is 1. The van der Waals surface area contributed by atoms with E-state index in [1.165, 1.54) is 16.2 Å². The number of halogens is 1. The summed E-state index contributed by atoms with van der Waals surface area (Å²) in [5.41, 5.74) is 1.26. The highest BCUT2D eigenvalue weighted by Crippen LogP contribution is 2.46. The van der Waals surface area contributed by atoms with E-state index in [2.05, 4.69) is 5.32 Å². The number of nitrogens with zero attached hydrogens (tertiary/aromatic N) is 1. The summed E-state index contributed by atoms with van der Waals surface area (Å²) >= 11 is 7.56. The molecule has 1 aliphatic heterocycles. The van der Waals surface area contributed by atoms with Crippen molar-refractivity contribution in [3.63, 3.8) is 0 Å². The maximum absolute atomic E-state index is 14.0. The molecule has 35 heavy (non-hydrogen) atoms. The number of likely N-dealkylation sites (tertiary alicyclic amines) is 1. The van der Waals surface area contributed by atoms with Gasteiger partial charge in [0.1, 0.15) is 6.04 Å². The molecule has 1 aliphatic rings. The molecule has 0 aliphatic carbocycles. The van der Waals surface area contributed by atoms with Crippen LogP contribution in [0.3, 0.4) is 0 Å². The van der Waals surface area contributed by atoms with Gasteiger partial charge < -0.3 is 15.3 Å². The fraction of sp³-hybridized carbons (Fsp3) is 0.222. The molecule has 0 radical (unpaired) electrons. The van der Waals surface area contributed by atoms with Crippen LogP contribution in [0.15, 0.2) is 78.2 Å². The number of hydrogen-bond acceptors (Lipinski definition) is 4. The van der Waals surface area contributed by atoms with Crippen LogP contribution in [-0.2, 0) is 4.79 Å². The van der Waals surface area contributed by atoms with Gasteiger partial charge in [-0.3, -0.25) is 4.79 Å². The molecule has 4 unspecified atom stereocenters. The SMILES string of the molecule is CCNC(=O)N1C(C=Cc2ccccc2)C(C(=O)c2cccc(Cl)c2)C(c2cccs2)C1C(=O)O. The molecule has 0 saturated carbocycles. The number of Topliss-reactive ketones (excluding diaryl/α,β-unsaturated/α-hetero) is 1. The number of carbonyl (C=O) groups is 3. The average Bonchev–Trinajstić information content (AvgIpc) is 3.49. The van der Waals surface area contributed by atoms with Gasteiger partial charge in [0.15, 0.2) is 5.78 Å². The molecule has 0 bridgehead atoms. The largest absolute Gasteiger partial charge is 0.480 e. The summed E-state index contributed by atoms with van der Waals surface area (Å²) in [6, 6.07) is 17.2. The summed E-state index contributed by atoms with van der Waals surface area (Å²) in [5.74, 6) is -2.97. The third kappa shape index (κ3) is 5.16. The predicted octanol–water partition coefficient (Wildman–Crippen LogP) is 5.56. The summed E-state index contributed by atoms with van der Waals surface area (Å²) in [7, 11) is 0. The van der Waals surface area contributed by atoms with Gasteiger partial charge in [0.05, 0.1) is 12.0 Å². The lowest BCUT2D eigenvalue weighted by Gasteiger charge is -2.28. The summed E-state index contributed by atoms with van der Waals surface area (Å²) < 4.78 is 0. The minimum atomic E-state index is -1.22. The quantitative estimate of drug-likeness (QED) is 0.409. The monoisotopic (exact) mass is 508 g/mol. The smallest absolute Gasteiger partial charge is 0.327 e. The zero-order chi connectivity index (χ0) is 24.9. The molecule has 4 atom stereocenters. The Balaban J connectivity index is 1.89. The molecule has 180 valence electrons.